The average molecular weight is 417 g/mol. The summed E-state index contributed by atoms with van der Waals surface area (Å²) >= 11 is 0. The Bertz CT molecular complexity index is 1210. The van der Waals surface area contributed by atoms with Crippen LogP contribution in [0.1, 0.15) is 43.9 Å². The van der Waals surface area contributed by atoms with Gasteiger partial charge in [-0.15, -0.1) is 0 Å². The Morgan fingerprint density at radius 1 is 1.13 bits per heavy atom. The van der Waals surface area contributed by atoms with Crippen LogP contribution in [-0.4, -0.2) is 44.2 Å². The lowest BCUT2D eigenvalue weighted by Gasteiger charge is -2.30. The topological polar surface area (TPSA) is 90.0 Å². The van der Waals surface area contributed by atoms with E-state index >= 15 is 0 Å². The van der Waals surface area contributed by atoms with Crippen LogP contribution in [0.4, 0.5) is 11.6 Å². The fraction of sp³-hybridized carbons (Fsp3) is 0.375. The number of aliphatic hydroxyl groups excluding tert-OH is 1. The van der Waals surface area contributed by atoms with E-state index in [-0.39, 0.29) is 6.10 Å². The molecule has 0 amide bonds. The maximum atomic E-state index is 9.74. The molecule has 0 aliphatic carbocycles. The highest BCUT2D eigenvalue weighted by Gasteiger charge is 2.18. The van der Waals surface area contributed by atoms with Gasteiger partial charge in [0.05, 0.1) is 12.3 Å². The lowest BCUT2D eigenvalue weighted by molar-refractivity contribution is 0.145. The normalized spacial score (nSPS) is 15.3. The van der Waals surface area contributed by atoms with Crippen LogP contribution in [-0.2, 0) is 6.54 Å². The molecule has 1 saturated heterocycles. The first kappa shape index (κ1) is 19.8. The van der Waals surface area contributed by atoms with Gasteiger partial charge in [0, 0.05) is 30.8 Å². The van der Waals surface area contributed by atoms with Crippen molar-refractivity contribution in [2.75, 3.05) is 23.3 Å². The first-order chi connectivity index (χ1) is 15.0. The van der Waals surface area contributed by atoms with Crippen LogP contribution >= 0.6 is 0 Å². The fourth-order valence-corrected chi connectivity index (χ4v) is 4.06. The highest BCUT2D eigenvalue weighted by Crippen LogP contribution is 2.23. The predicted octanol–water partition coefficient (Wildman–Crippen LogP) is 4.20. The highest BCUT2D eigenvalue weighted by atomic mass is 16.3. The fourth-order valence-electron chi connectivity index (χ4n) is 4.06. The number of hydrogen-bond acceptors (Lipinski definition) is 6. The molecule has 1 aromatic carbocycles. The molecule has 0 unspecified atom stereocenters. The first-order valence-corrected chi connectivity index (χ1v) is 11.0. The molecule has 5 rings (SSSR count). The first-order valence-electron chi connectivity index (χ1n) is 11.0. The molecule has 4 heterocycles. The highest BCUT2D eigenvalue weighted by molar-refractivity contribution is 5.81. The second-order valence-electron chi connectivity index (χ2n) is 8.64. The van der Waals surface area contributed by atoms with E-state index in [1.165, 1.54) is 22.2 Å². The summed E-state index contributed by atoms with van der Waals surface area (Å²) in [6, 6.07) is 12.6. The minimum Gasteiger partial charge on any atom is -0.393 e. The number of benzene rings is 1. The Labute approximate surface area is 181 Å². The largest absolute Gasteiger partial charge is 0.393 e. The number of anilines is 2. The SMILES string of the molecule is CC(C)c1cc2cc(CNc3cnc4ccc(N5CCC(O)CC5)nc4n3)ccc2[nH]1. The minimum atomic E-state index is -0.199. The number of aromatic nitrogens is 4. The standard InChI is InChI=1S/C24H28N6O/c1-15(2)21-12-17-11-16(3-4-19(17)27-21)13-26-22-14-25-20-5-6-23(29-24(20)28-22)30-9-7-18(31)8-10-30/h3-6,11-12,14-15,18,27,31H,7-10,13H2,1-2H3,(H,26,28,29). The molecule has 0 saturated carbocycles. The molecule has 0 bridgehead atoms. The predicted molar refractivity (Wildman–Crippen MR) is 125 cm³/mol. The number of piperidine rings is 1. The van der Waals surface area contributed by atoms with Gasteiger partial charge in [0.15, 0.2) is 5.65 Å². The zero-order valence-corrected chi connectivity index (χ0v) is 18.0. The van der Waals surface area contributed by atoms with Crippen molar-refractivity contribution < 1.29 is 5.11 Å². The molecule has 0 radical (unpaired) electrons. The van der Waals surface area contributed by atoms with Gasteiger partial charge in [-0.05, 0) is 60.0 Å². The second-order valence-corrected chi connectivity index (χ2v) is 8.64. The van der Waals surface area contributed by atoms with Crippen molar-refractivity contribution in [1.82, 2.24) is 19.9 Å². The molecular formula is C24H28N6O. The summed E-state index contributed by atoms with van der Waals surface area (Å²) in [4.78, 5) is 19.6. The number of hydrogen-bond donors (Lipinski definition) is 3. The Morgan fingerprint density at radius 3 is 2.77 bits per heavy atom. The summed E-state index contributed by atoms with van der Waals surface area (Å²) in [5.74, 6) is 2.09. The molecule has 0 spiro atoms. The molecule has 4 aromatic rings. The molecule has 7 heteroatoms. The van der Waals surface area contributed by atoms with Crippen molar-refractivity contribution in [3.63, 3.8) is 0 Å². The van der Waals surface area contributed by atoms with Crippen molar-refractivity contribution in [1.29, 1.82) is 0 Å². The third-order valence-electron chi connectivity index (χ3n) is 5.98. The van der Waals surface area contributed by atoms with Crippen LogP contribution in [0.25, 0.3) is 22.1 Å². The number of nitrogens with one attached hydrogen (secondary N) is 2. The second kappa shape index (κ2) is 8.15. The van der Waals surface area contributed by atoms with Crippen LogP contribution in [0, 0.1) is 0 Å². The van der Waals surface area contributed by atoms with Gasteiger partial charge in [0.25, 0.3) is 0 Å². The van der Waals surface area contributed by atoms with Crippen molar-refractivity contribution in [2.24, 2.45) is 0 Å². The van der Waals surface area contributed by atoms with Gasteiger partial charge in [-0.1, -0.05) is 19.9 Å². The molecule has 1 fully saturated rings. The van der Waals surface area contributed by atoms with Gasteiger partial charge in [-0.2, -0.15) is 0 Å². The van der Waals surface area contributed by atoms with Crippen LogP contribution in [0.15, 0.2) is 42.6 Å². The summed E-state index contributed by atoms with van der Waals surface area (Å²) in [6.07, 6.45) is 3.11. The number of pyridine rings is 1. The molecule has 7 nitrogen and oxygen atoms in total. The third-order valence-corrected chi connectivity index (χ3v) is 5.98. The van der Waals surface area contributed by atoms with Gasteiger partial charge < -0.3 is 20.3 Å². The van der Waals surface area contributed by atoms with E-state index in [1.807, 2.05) is 12.1 Å². The zero-order valence-electron chi connectivity index (χ0n) is 18.0. The number of aromatic amines is 1. The Kier molecular flexibility index (Phi) is 5.19. The van der Waals surface area contributed by atoms with E-state index in [0.717, 1.165) is 37.3 Å². The molecule has 3 aromatic heterocycles. The van der Waals surface area contributed by atoms with Gasteiger partial charge in [-0.3, -0.25) is 0 Å². The average Bonchev–Trinajstić information content (AvgIpc) is 3.21. The van der Waals surface area contributed by atoms with E-state index in [9.17, 15) is 5.11 Å². The van der Waals surface area contributed by atoms with Gasteiger partial charge >= 0.3 is 0 Å². The number of H-pyrrole nitrogens is 1. The summed E-state index contributed by atoms with van der Waals surface area (Å²) in [6.45, 7) is 6.68. The number of rotatable bonds is 5. The summed E-state index contributed by atoms with van der Waals surface area (Å²) in [7, 11) is 0. The Hall–Kier alpha value is -3.19. The molecule has 3 N–H and O–H groups in total. The van der Waals surface area contributed by atoms with Gasteiger partial charge in [0.2, 0.25) is 0 Å². The van der Waals surface area contributed by atoms with Gasteiger partial charge in [-0.25, -0.2) is 15.0 Å². The Balaban J connectivity index is 1.32. The van der Waals surface area contributed by atoms with E-state index in [1.54, 1.807) is 6.20 Å². The molecule has 1 aliphatic heterocycles. The summed E-state index contributed by atoms with van der Waals surface area (Å²) in [5, 5.41) is 14.3. The molecule has 0 atom stereocenters. The lowest BCUT2D eigenvalue weighted by Crippen LogP contribution is -2.36. The number of fused-ring (bicyclic) bond motifs is 2. The third kappa shape index (κ3) is 4.18. The maximum Gasteiger partial charge on any atom is 0.182 e. The molecule has 1 aliphatic rings. The van der Waals surface area contributed by atoms with Crippen molar-refractivity contribution in [3.05, 3.63) is 53.9 Å². The van der Waals surface area contributed by atoms with Crippen LogP contribution in [0.2, 0.25) is 0 Å². The maximum absolute atomic E-state index is 9.74. The summed E-state index contributed by atoms with van der Waals surface area (Å²) < 4.78 is 0. The van der Waals surface area contributed by atoms with E-state index in [0.29, 0.717) is 23.9 Å². The van der Waals surface area contributed by atoms with Gasteiger partial charge in [0.1, 0.15) is 17.2 Å². The monoisotopic (exact) mass is 416 g/mol. The van der Waals surface area contributed by atoms with E-state index < -0.39 is 0 Å². The number of nitrogens with zero attached hydrogens (tertiary/aromatic N) is 4. The van der Waals surface area contributed by atoms with E-state index in [4.69, 9.17) is 4.98 Å². The quantitative estimate of drug-likeness (QED) is 0.452. The van der Waals surface area contributed by atoms with Crippen molar-refractivity contribution in [2.45, 2.75) is 45.3 Å². The summed E-state index contributed by atoms with van der Waals surface area (Å²) in [5.41, 5.74) is 5.03. The van der Waals surface area contributed by atoms with Crippen LogP contribution in [0.3, 0.4) is 0 Å². The zero-order chi connectivity index (χ0) is 21.4. The van der Waals surface area contributed by atoms with Crippen molar-refractivity contribution >= 4 is 33.7 Å². The molecular weight excluding hydrogens is 388 g/mol. The molecule has 160 valence electrons. The lowest BCUT2D eigenvalue weighted by atomic mass is 10.1. The van der Waals surface area contributed by atoms with Crippen LogP contribution in [0.5, 0.6) is 0 Å². The number of aliphatic hydroxyl groups is 1. The minimum absolute atomic E-state index is 0.199. The smallest absolute Gasteiger partial charge is 0.182 e. The van der Waals surface area contributed by atoms with Crippen LogP contribution < -0.4 is 10.2 Å². The van der Waals surface area contributed by atoms with E-state index in [2.05, 4.69) is 63.3 Å². The Morgan fingerprint density at radius 2 is 1.97 bits per heavy atom. The van der Waals surface area contributed by atoms with Crippen molar-refractivity contribution in [3.8, 4) is 0 Å². The molecule has 31 heavy (non-hydrogen) atoms.